The number of fused-ring (bicyclic) bond motifs is 1. The minimum absolute atomic E-state index is 0.444. The van der Waals surface area contributed by atoms with Crippen LogP contribution in [0.5, 0.6) is 0 Å². The van der Waals surface area contributed by atoms with Crippen LogP contribution in [-0.4, -0.2) is 30.7 Å². The fourth-order valence-corrected chi connectivity index (χ4v) is 3.28. The van der Waals surface area contributed by atoms with Crippen molar-refractivity contribution in [2.24, 2.45) is 5.92 Å². The SMILES string of the molecule is CN1CC(C2CC2)Nc2csc(C(=O)O)c21. The van der Waals surface area contributed by atoms with E-state index in [0.29, 0.717) is 10.9 Å². The highest BCUT2D eigenvalue weighted by Crippen LogP contribution is 2.43. The zero-order chi connectivity index (χ0) is 11.3. The Balaban J connectivity index is 1.94. The molecule has 2 N–H and O–H groups in total. The van der Waals surface area contributed by atoms with E-state index in [0.717, 1.165) is 23.8 Å². The summed E-state index contributed by atoms with van der Waals surface area (Å²) in [6.45, 7) is 0.911. The van der Waals surface area contributed by atoms with Crippen molar-refractivity contribution in [1.82, 2.24) is 0 Å². The van der Waals surface area contributed by atoms with Crippen LogP contribution < -0.4 is 10.2 Å². The molecule has 1 aliphatic carbocycles. The molecule has 0 bridgehead atoms. The van der Waals surface area contributed by atoms with Gasteiger partial charge in [0.2, 0.25) is 0 Å². The number of hydrogen-bond acceptors (Lipinski definition) is 4. The Hall–Kier alpha value is -1.23. The Kier molecular flexibility index (Phi) is 2.10. The molecule has 16 heavy (non-hydrogen) atoms. The maximum absolute atomic E-state index is 11.1. The Bertz CT molecular complexity index is 439. The number of carbonyl (C=O) groups is 1. The van der Waals surface area contributed by atoms with Gasteiger partial charge in [0.25, 0.3) is 0 Å². The highest BCUT2D eigenvalue weighted by atomic mass is 32.1. The van der Waals surface area contributed by atoms with Crippen LogP contribution in [0.25, 0.3) is 0 Å². The molecule has 4 nitrogen and oxygen atoms in total. The van der Waals surface area contributed by atoms with Gasteiger partial charge in [0.05, 0.1) is 11.4 Å². The number of nitrogens with one attached hydrogen (secondary N) is 1. The first-order valence-electron chi connectivity index (χ1n) is 5.49. The van der Waals surface area contributed by atoms with Crippen molar-refractivity contribution in [3.63, 3.8) is 0 Å². The number of hydrogen-bond donors (Lipinski definition) is 2. The number of carboxylic acid groups (broad SMARTS) is 1. The minimum Gasteiger partial charge on any atom is -0.477 e. The number of thiophene rings is 1. The van der Waals surface area contributed by atoms with E-state index in [9.17, 15) is 4.79 Å². The van der Waals surface area contributed by atoms with Gasteiger partial charge in [-0.3, -0.25) is 0 Å². The van der Waals surface area contributed by atoms with Gasteiger partial charge in [-0.2, -0.15) is 0 Å². The smallest absolute Gasteiger partial charge is 0.348 e. The van der Waals surface area contributed by atoms with E-state index in [1.165, 1.54) is 24.2 Å². The summed E-state index contributed by atoms with van der Waals surface area (Å²) in [6.07, 6.45) is 2.60. The molecule has 1 aromatic rings. The zero-order valence-electron chi connectivity index (χ0n) is 9.06. The van der Waals surface area contributed by atoms with Gasteiger partial charge in [-0.1, -0.05) is 0 Å². The van der Waals surface area contributed by atoms with Crippen LogP contribution in [0.1, 0.15) is 22.5 Å². The summed E-state index contributed by atoms with van der Waals surface area (Å²) in [5, 5.41) is 14.5. The average Bonchev–Trinajstić information content (AvgIpc) is 2.98. The summed E-state index contributed by atoms with van der Waals surface area (Å²) in [6, 6.07) is 0.494. The van der Waals surface area contributed by atoms with Crippen LogP contribution in [0.3, 0.4) is 0 Å². The minimum atomic E-state index is -0.829. The number of likely N-dealkylation sites (N-methyl/N-ethyl adjacent to an activating group) is 1. The van der Waals surface area contributed by atoms with Gasteiger partial charge in [-0.25, -0.2) is 4.79 Å². The van der Waals surface area contributed by atoms with Crippen LogP contribution in [0.4, 0.5) is 11.4 Å². The fourth-order valence-electron chi connectivity index (χ4n) is 2.38. The first-order valence-corrected chi connectivity index (χ1v) is 6.37. The van der Waals surface area contributed by atoms with E-state index in [-0.39, 0.29) is 0 Å². The summed E-state index contributed by atoms with van der Waals surface area (Å²) in [5.74, 6) is -0.0476. The lowest BCUT2D eigenvalue weighted by Crippen LogP contribution is -2.40. The van der Waals surface area contributed by atoms with Crippen molar-refractivity contribution in [2.45, 2.75) is 18.9 Å². The van der Waals surface area contributed by atoms with Crippen molar-refractivity contribution >= 4 is 28.7 Å². The highest BCUT2D eigenvalue weighted by Gasteiger charge is 2.36. The second-order valence-corrected chi connectivity index (χ2v) is 5.48. The largest absolute Gasteiger partial charge is 0.477 e. The first-order chi connectivity index (χ1) is 7.66. The molecule has 86 valence electrons. The molecule has 2 aliphatic rings. The molecule has 1 atom stereocenters. The zero-order valence-corrected chi connectivity index (χ0v) is 9.88. The number of carboxylic acids is 1. The predicted molar refractivity (Wildman–Crippen MR) is 64.7 cm³/mol. The molecule has 1 fully saturated rings. The van der Waals surface area contributed by atoms with E-state index >= 15 is 0 Å². The molecule has 0 spiro atoms. The summed E-state index contributed by atoms with van der Waals surface area (Å²) in [4.78, 5) is 13.6. The van der Waals surface area contributed by atoms with Crippen molar-refractivity contribution in [3.05, 3.63) is 10.3 Å². The van der Waals surface area contributed by atoms with Crippen LogP contribution in [0, 0.1) is 5.92 Å². The fraction of sp³-hybridized carbons (Fsp3) is 0.545. The van der Waals surface area contributed by atoms with Gasteiger partial charge in [0.15, 0.2) is 0 Å². The Morgan fingerprint density at radius 1 is 1.62 bits per heavy atom. The first kappa shape index (κ1) is 9.96. The molecule has 1 unspecified atom stereocenters. The third-order valence-corrected chi connectivity index (χ3v) is 4.30. The second-order valence-electron chi connectivity index (χ2n) is 4.60. The van der Waals surface area contributed by atoms with Crippen LogP contribution in [0.2, 0.25) is 0 Å². The number of nitrogens with zero attached hydrogens (tertiary/aromatic N) is 1. The molecular formula is C11H14N2O2S. The van der Waals surface area contributed by atoms with Gasteiger partial charge in [0, 0.05) is 25.0 Å². The van der Waals surface area contributed by atoms with Gasteiger partial charge < -0.3 is 15.3 Å². The third kappa shape index (κ3) is 1.46. The summed E-state index contributed by atoms with van der Waals surface area (Å²) in [5.41, 5.74) is 1.85. The standard InChI is InChI=1S/C11H14N2O2S/c1-13-4-7(6-2-3-6)12-8-5-16-10(9(8)13)11(14)15/h5-7,12H,2-4H2,1H3,(H,14,15). The summed E-state index contributed by atoms with van der Waals surface area (Å²) in [7, 11) is 1.98. The van der Waals surface area contributed by atoms with Crippen LogP contribution in [0.15, 0.2) is 5.38 Å². The molecule has 1 aliphatic heterocycles. The number of aromatic carboxylic acids is 1. The molecule has 0 radical (unpaired) electrons. The van der Waals surface area contributed by atoms with Crippen molar-refractivity contribution in [1.29, 1.82) is 0 Å². The molecule has 1 saturated carbocycles. The van der Waals surface area contributed by atoms with Crippen molar-refractivity contribution < 1.29 is 9.90 Å². The van der Waals surface area contributed by atoms with Gasteiger partial charge in [-0.05, 0) is 18.8 Å². The average molecular weight is 238 g/mol. The van der Waals surface area contributed by atoms with Crippen LogP contribution in [-0.2, 0) is 0 Å². The third-order valence-electron chi connectivity index (χ3n) is 3.34. The Morgan fingerprint density at radius 3 is 3.00 bits per heavy atom. The van der Waals surface area contributed by atoms with Crippen molar-refractivity contribution in [3.8, 4) is 0 Å². The van der Waals surface area contributed by atoms with E-state index in [2.05, 4.69) is 10.2 Å². The topological polar surface area (TPSA) is 52.6 Å². The molecule has 0 saturated heterocycles. The normalized spacial score (nSPS) is 23.8. The van der Waals surface area contributed by atoms with E-state index in [4.69, 9.17) is 5.11 Å². The molecule has 5 heteroatoms. The van der Waals surface area contributed by atoms with Gasteiger partial charge >= 0.3 is 5.97 Å². The number of anilines is 2. The quantitative estimate of drug-likeness (QED) is 0.828. The van der Waals surface area contributed by atoms with E-state index < -0.39 is 5.97 Å². The maximum Gasteiger partial charge on any atom is 0.348 e. The van der Waals surface area contributed by atoms with E-state index in [1.807, 2.05) is 12.4 Å². The molecule has 0 amide bonds. The second kappa shape index (κ2) is 3.38. The summed E-state index contributed by atoms with van der Waals surface area (Å²) >= 11 is 1.31. The maximum atomic E-state index is 11.1. The lowest BCUT2D eigenvalue weighted by molar-refractivity contribution is 0.0702. The lowest BCUT2D eigenvalue weighted by Gasteiger charge is -2.33. The lowest BCUT2D eigenvalue weighted by atomic mass is 10.1. The number of rotatable bonds is 2. The summed E-state index contributed by atoms with van der Waals surface area (Å²) < 4.78 is 0. The van der Waals surface area contributed by atoms with Gasteiger partial charge in [-0.15, -0.1) is 11.3 Å². The molecule has 0 aromatic carbocycles. The Morgan fingerprint density at radius 2 is 2.38 bits per heavy atom. The molecule has 1 aromatic heterocycles. The molecule has 2 heterocycles. The highest BCUT2D eigenvalue weighted by molar-refractivity contribution is 7.13. The molecule has 3 rings (SSSR count). The van der Waals surface area contributed by atoms with Gasteiger partial charge in [0.1, 0.15) is 4.88 Å². The Labute approximate surface area is 97.9 Å². The molecular weight excluding hydrogens is 224 g/mol. The monoisotopic (exact) mass is 238 g/mol. The van der Waals surface area contributed by atoms with Crippen molar-refractivity contribution in [2.75, 3.05) is 23.8 Å². The van der Waals surface area contributed by atoms with Crippen LogP contribution >= 0.6 is 11.3 Å². The van der Waals surface area contributed by atoms with E-state index in [1.54, 1.807) is 0 Å². The predicted octanol–water partition coefficient (Wildman–Crippen LogP) is 2.09.